The zero-order valence-corrected chi connectivity index (χ0v) is 15.1. The molecule has 2 aromatic carbocycles. The second-order valence-electron chi connectivity index (χ2n) is 6.12. The normalized spacial score (nSPS) is 11.1. The van der Waals surface area contributed by atoms with Crippen LogP contribution in [0.5, 0.6) is 0 Å². The first-order valence-corrected chi connectivity index (χ1v) is 8.62. The molecule has 0 aliphatic rings. The van der Waals surface area contributed by atoms with Crippen molar-refractivity contribution < 1.29 is 4.39 Å². The number of hydrogen-bond donors (Lipinski definition) is 2. The number of nitrogens with one attached hydrogen (secondary N) is 2. The highest BCUT2D eigenvalue weighted by molar-refractivity contribution is 6.30. The maximum atomic E-state index is 13.1. The quantitative estimate of drug-likeness (QED) is 0.562. The van der Waals surface area contributed by atoms with Gasteiger partial charge in [0, 0.05) is 28.0 Å². The zero-order chi connectivity index (χ0) is 19.0. The molecule has 0 atom stereocenters. The number of aromatic amines is 1. The van der Waals surface area contributed by atoms with E-state index in [9.17, 15) is 9.18 Å². The Morgan fingerprint density at radius 1 is 1.19 bits per heavy atom. The highest BCUT2D eigenvalue weighted by Gasteiger charge is 2.10. The molecule has 0 aliphatic carbocycles. The number of hydrogen-bond acceptors (Lipinski definition) is 4. The summed E-state index contributed by atoms with van der Waals surface area (Å²) in [6.07, 6.45) is 0. The number of fused-ring (bicyclic) bond motifs is 1. The van der Waals surface area contributed by atoms with Crippen LogP contribution in [-0.4, -0.2) is 19.6 Å². The molecule has 2 heterocycles. The van der Waals surface area contributed by atoms with Gasteiger partial charge in [0.25, 0.3) is 5.56 Å². The van der Waals surface area contributed by atoms with Crippen molar-refractivity contribution in [2.24, 2.45) is 0 Å². The van der Waals surface area contributed by atoms with Gasteiger partial charge in [-0.25, -0.2) is 4.39 Å². The largest absolute Gasteiger partial charge is 0.379 e. The first-order chi connectivity index (χ1) is 13.0. The van der Waals surface area contributed by atoms with E-state index in [-0.39, 0.29) is 11.4 Å². The van der Waals surface area contributed by atoms with E-state index in [1.165, 1.54) is 22.7 Å². The molecule has 2 N–H and O–H groups in total. The molecule has 0 saturated heterocycles. The van der Waals surface area contributed by atoms with Crippen molar-refractivity contribution in [1.82, 2.24) is 19.6 Å². The summed E-state index contributed by atoms with van der Waals surface area (Å²) >= 11 is 6.03. The Morgan fingerprint density at radius 2 is 1.96 bits per heavy atom. The van der Waals surface area contributed by atoms with Crippen molar-refractivity contribution in [2.75, 3.05) is 5.32 Å². The van der Waals surface area contributed by atoms with Gasteiger partial charge in [0.2, 0.25) is 5.78 Å². The minimum Gasteiger partial charge on any atom is -0.379 e. The molecule has 8 heteroatoms. The fourth-order valence-electron chi connectivity index (χ4n) is 2.73. The van der Waals surface area contributed by atoms with Gasteiger partial charge in [-0.15, -0.1) is 5.10 Å². The smallest absolute Gasteiger partial charge is 0.275 e. The van der Waals surface area contributed by atoms with Crippen LogP contribution < -0.4 is 10.9 Å². The van der Waals surface area contributed by atoms with Crippen molar-refractivity contribution >= 4 is 23.1 Å². The molecule has 0 radical (unpaired) electrons. The van der Waals surface area contributed by atoms with E-state index in [1.54, 1.807) is 12.1 Å². The third kappa shape index (κ3) is 3.54. The van der Waals surface area contributed by atoms with Crippen LogP contribution in [0.3, 0.4) is 0 Å². The maximum absolute atomic E-state index is 13.1. The van der Waals surface area contributed by atoms with Crippen molar-refractivity contribution in [2.45, 2.75) is 13.5 Å². The Bertz CT molecular complexity index is 1180. The van der Waals surface area contributed by atoms with Crippen LogP contribution in [0.1, 0.15) is 11.3 Å². The summed E-state index contributed by atoms with van der Waals surface area (Å²) < 4.78 is 14.3. The molecule has 0 unspecified atom stereocenters. The number of rotatable bonds is 4. The summed E-state index contributed by atoms with van der Waals surface area (Å²) in [5, 5.41) is 8.08. The van der Waals surface area contributed by atoms with E-state index in [2.05, 4.69) is 20.4 Å². The van der Waals surface area contributed by atoms with Gasteiger partial charge in [-0.05, 0) is 48.9 Å². The number of halogens is 2. The summed E-state index contributed by atoms with van der Waals surface area (Å²) in [6.45, 7) is 2.36. The minimum atomic E-state index is -0.344. The van der Waals surface area contributed by atoms with Crippen molar-refractivity contribution in [3.63, 3.8) is 0 Å². The van der Waals surface area contributed by atoms with Gasteiger partial charge >= 0.3 is 0 Å². The number of H-pyrrole nitrogens is 1. The van der Waals surface area contributed by atoms with E-state index in [0.29, 0.717) is 34.4 Å². The molecule has 0 fully saturated rings. The fourth-order valence-corrected chi connectivity index (χ4v) is 2.90. The zero-order valence-electron chi connectivity index (χ0n) is 14.3. The third-order valence-corrected chi connectivity index (χ3v) is 4.39. The number of anilines is 1. The molecule has 4 aromatic rings. The van der Waals surface area contributed by atoms with Gasteiger partial charge in [0.15, 0.2) is 5.82 Å². The summed E-state index contributed by atoms with van der Waals surface area (Å²) in [7, 11) is 0. The van der Waals surface area contributed by atoms with Gasteiger partial charge < -0.3 is 10.3 Å². The summed E-state index contributed by atoms with van der Waals surface area (Å²) in [5.74, 6) is 0.323. The molecule has 4 rings (SSSR count). The summed E-state index contributed by atoms with van der Waals surface area (Å²) in [4.78, 5) is 19.8. The molecular formula is C19H15ClFN5O. The maximum Gasteiger partial charge on any atom is 0.275 e. The first-order valence-electron chi connectivity index (χ1n) is 8.24. The van der Waals surface area contributed by atoms with E-state index >= 15 is 0 Å². The second kappa shape index (κ2) is 6.85. The van der Waals surface area contributed by atoms with Gasteiger partial charge in [-0.1, -0.05) is 17.7 Å². The van der Waals surface area contributed by atoms with Crippen LogP contribution in [0.2, 0.25) is 5.02 Å². The predicted molar refractivity (Wildman–Crippen MR) is 103 cm³/mol. The van der Waals surface area contributed by atoms with Crippen LogP contribution in [0.15, 0.2) is 53.3 Å². The van der Waals surface area contributed by atoms with E-state index in [1.807, 2.05) is 25.1 Å². The van der Waals surface area contributed by atoms with Crippen LogP contribution in [0, 0.1) is 12.7 Å². The van der Waals surface area contributed by atoms with Gasteiger partial charge in [0.05, 0.1) is 6.54 Å². The van der Waals surface area contributed by atoms with Gasteiger partial charge in [0.1, 0.15) is 5.82 Å². The lowest BCUT2D eigenvalue weighted by molar-refractivity contribution is 0.628. The van der Waals surface area contributed by atoms with Crippen LogP contribution in [0.4, 0.5) is 10.1 Å². The van der Waals surface area contributed by atoms with Crippen molar-refractivity contribution in [3.8, 4) is 11.4 Å². The molecule has 0 saturated carbocycles. The monoisotopic (exact) mass is 383 g/mol. The lowest BCUT2D eigenvalue weighted by Gasteiger charge is -2.10. The van der Waals surface area contributed by atoms with Gasteiger partial charge in [-0.2, -0.15) is 9.50 Å². The minimum absolute atomic E-state index is 0.302. The predicted octanol–water partition coefficient (Wildman–Crippen LogP) is 3.80. The SMILES string of the molecule is Cc1ccc(Cl)cc1NCc1cc(=O)n2nc(-c3ccc(F)cc3)nc2[nH]1. The average Bonchev–Trinajstić information content (AvgIpc) is 3.08. The van der Waals surface area contributed by atoms with Crippen LogP contribution in [0.25, 0.3) is 17.2 Å². The van der Waals surface area contributed by atoms with Gasteiger partial charge in [-0.3, -0.25) is 4.79 Å². The fraction of sp³-hybridized carbons (Fsp3) is 0.105. The van der Waals surface area contributed by atoms with Crippen LogP contribution in [-0.2, 0) is 6.54 Å². The van der Waals surface area contributed by atoms with E-state index in [0.717, 1.165) is 11.3 Å². The Kier molecular flexibility index (Phi) is 4.37. The van der Waals surface area contributed by atoms with E-state index in [4.69, 9.17) is 11.6 Å². The van der Waals surface area contributed by atoms with E-state index < -0.39 is 0 Å². The number of benzene rings is 2. The number of aryl methyl sites for hydroxylation is 1. The lowest BCUT2D eigenvalue weighted by Crippen LogP contribution is -2.17. The first kappa shape index (κ1) is 17.2. The van der Waals surface area contributed by atoms with Crippen molar-refractivity contribution in [1.29, 1.82) is 0 Å². The molecule has 0 bridgehead atoms. The molecule has 0 aliphatic heterocycles. The highest BCUT2D eigenvalue weighted by Crippen LogP contribution is 2.21. The summed E-state index contributed by atoms with van der Waals surface area (Å²) in [6, 6.07) is 12.8. The average molecular weight is 384 g/mol. The third-order valence-electron chi connectivity index (χ3n) is 4.16. The Labute approximate surface area is 158 Å². The van der Waals surface area contributed by atoms with Crippen molar-refractivity contribution in [3.05, 3.63) is 81.0 Å². The number of nitrogens with zero attached hydrogens (tertiary/aromatic N) is 3. The molecule has 136 valence electrons. The standard InChI is InChI=1S/C19H15ClFN5O/c1-11-2-5-13(20)8-16(11)22-10-15-9-17(27)26-19(23-15)24-18(25-26)12-3-6-14(21)7-4-12/h2-9,22H,10H2,1H3,(H,23,24,25). The Balaban J connectivity index is 1.64. The molecular weight excluding hydrogens is 369 g/mol. The Morgan fingerprint density at radius 3 is 2.74 bits per heavy atom. The Hall–Kier alpha value is -3.19. The lowest BCUT2D eigenvalue weighted by atomic mass is 10.2. The molecule has 0 amide bonds. The van der Waals surface area contributed by atoms with Crippen LogP contribution >= 0.6 is 11.6 Å². The topological polar surface area (TPSA) is 75.1 Å². The summed E-state index contributed by atoms with van der Waals surface area (Å²) in [5.41, 5.74) is 2.91. The number of aromatic nitrogens is 4. The molecule has 6 nitrogen and oxygen atoms in total. The second-order valence-corrected chi connectivity index (χ2v) is 6.56. The highest BCUT2D eigenvalue weighted by atomic mass is 35.5. The molecule has 27 heavy (non-hydrogen) atoms. The molecule has 2 aromatic heterocycles. The molecule has 0 spiro atoms.